The third kappa shape index (κ3) is 3.94. The molecule has 24 heavy (non-hydrogen) atoms. The first kappa shape index (κ1) is 18.0. The van der Waals surface area contributed by atoms with E-state index in [0.717, 1.165) is 12.0 Å². The van der Waals surface area contributed by atoms with E-state index in [1.165, 1.54) is 31.4 Å². The molecular formula is C18H20O5S. The quantitative estimate of drug-likeness (QED) is 0.587. The summed E-state index contributed by atoms with van der Waals surface area (Å²) in [6.07, 6.45) is 0.869. The van der Waals surface area contributed by atoms with Crippen LogP contribution in [0.3, 0.4) is 0 Å². The van der Waals surface area contributed by atoms with Crippen molar-refractivity contribution in [1.82, 2.24) is 0 Å². The Balaban J connectivity index is 2.31. The number of benzene rings is 2. The van der Waals surface area contributed by atoms with Gasteiger partial charge in [-0.15, -0.1) is 0 Å². The van der Waals surface area contributed by atoms with Crippen molar-refractivity contribution in [3.05, 3.63) is 59.7 Å². The van der Waals surface area contributed by atoms with Gasteiger partial charge in [-0.3, -0.25) is 0 Å². The van der Waals surface area contributed by atoms with E-state index in [4.69, 9.17) is 4.18 Å². The van der Waals surface area contributed by atoms with Gasteiger partial charge in [0.05, 0.1) is 12.7 Å². The van der Waals surface area contributed by atoms with Gasteiger partial charge in [0.2, 0.25) is 0 Å². The fraction of sp³-hybridized carbons (Fsp3) is 0.278. The van der Waals surface area contributed by atoms with Gasteiger partial charge in [0.15, 0.2) is 0 Å². The summed E-state index contributed by atoms with van der Waals surface area (Å²) in [5.74, 6) is -0.0241. The molecule has 0 amide bonds. The van der Waals surface area contributed by atoms with Gasteiger partial charge in [0, 0.05) is 0 Å². The lowest BCUT2D eigenvalue weighted by molar-refractivity contribution is 0.0600. The first-order valence-electron chi connectivity index (χ1n) is 7.60. The summed E-state index contributed by atoms with van der Waals surface area (Å²) in [5.41, 5.74) is 1.12. The summed E-state index contributed by atoms with van der Waals surface area (Å²) in [6.45, 7) is 4.04. The lowest BCUT2D eigenvalue weighted by atomic mass is 9.98. The second-order valence-corrected chi connectivity index (χ2v) is 6.95. The van der Waals surface area contributed by atoms with Crippen LogP contribution in [0.5, 0.6) is 5.75 Å². The number of ether oxygens (including phenoxy) is 1. The molecule has 0 heterocycles. The molecule has 1 atom stereocenters. The predicted molar refractivity (Wildman–Crippen MR) is 90.7 cm³/mol. The Kier molecular flexibility index (Phi) is 5.62. The molecule has 6 heteroatoms. The summed E-state index contributed by atoms with van der Waals surface area (Å²) < 4.78 is 34.9. The van der Waals surface area contributed by atoms with E-state index >= 15 is 0 Å². The molecule has 1 unspecified atom stereocenters. The van der Waals surface area contributed by atoms with Gasteiger partial charge in [0.25, 0.3) is 0 Å². The molecule has 128 valence electrons. The van der Waals surface area contributed by atoms with Gasteiger partial charge in [-0.05, 0) is 48.2 Å². The van der Waals surface area contributed by atoms with Crippen LogP contribution in [0.1, 0.15) is 42.1 Å². The van der Waals surface area contributed by atoms with Gasteiger partial charge in [-0.2, -0.15) is 8.42 Å². The third-order valence-corrected chi connectivity index (χ3v) is 5.07. The highest BCUT2D eigenvalue weighted by Gasteiger charge is 2.20. The van der Waals surface area contributed by atoms with E-state index in [1.54, 1.807) is 12.1 Å². The van der Waals surface area contributed by atoms with Crippen LogP contribution in [-0.2, 0) is 14.9 Å². The minimum atomic E-state index is -3.98. The molecule has 0 aliphatic carbocycles. The van der Waals surface area contributed by atoms with E-state index in [0.29, 0.717) is 5.75 Å². The molecule has 0 radical (unpaired) electrons. The number of carbonyl (C=O) groups is 1. The molecule has 2 aromatic carbocycles. The average molecular weight is 348 g/mol. The Morgan fingerprint density at radius 3 is 2.29 bits per heavy atom. The van der Waals surface area contributed by atoms with Crippen LogP contribution in [0.25, 0.3) is 0 Å². The summed E-state index contributed by atoms with van der Waals surface area (Å²) >= 11 is 0. The number of methoxy groups -OCH3 is 1. The SMILES string of the molecule is CCC(C)c1ccccc1OS(=O)(=O)c1ccc(C(=O)OC)cc1. The zero-order valence-electron chi connectivity index (χ0n) is 13.9. The molecule has 0 aromatic heterocycles. The van der Waals surface area contributed by atoms with Crippen molar-refractivity contribution < 1.29 is 22.1 Å². The Bertz CT molecular complexity index is 810. The Hall–Kier alpha value is -2.34. The zero-order chi connectivity index (χ0) is 17.7. The van der Waals surface area contributed by atoms with Crippen LogP contribution in [-0.4, -0.2) is 21.5 Å². The summed E-state index contributed by atoms with van der Waals surface area (Å²) in [6, 6.07) is 12.5. The normalized spacial score (nSPS) is 12.5. The second-order valence-electron chi connectivity index (χ2n) is 5.40. The van der Waals surface area contributed by atoms with E-state index in [9.17, 15) is 13.2 Å². The molecule has 0 spiro atoms. The molecule has 0 saturated carbocycles. The topological polar surface area (TPSA) is 69.7 Å². The molecule has 0 saturated heterocycles. The maximum atomic E-state index is 12.5. The standard InChI is InChI=1S/C18H20O5S/c1-4-13(2)16-7-5-6-8-17(16)23-24(20,21)15-11-9-14(10-12-15)18(19)22-3/h5-13H,4H2,1-3H3. The van der Waals surface area contributed by atoms with Gasteiger partial charge >= 0.3 is 16.1 Å². The van der Waals surface area contributed by atoms with Gasteiger partial charge in [-0.25, -0.2) is 4.79 Å². The fourth-order valence-electron chi connectivity index (χ4n) is 2.23. The third-order valence-electron chi connectivity index (χ3n) is 3.83. The van der Waals surface area contributed by atoms with E-state index in [-0.39, 0.29) is 16.4 Å². The second kappa shape index (κ2) is 7.49. The van der Waals surface area contributed by atoms with Crippen molar-refractivity contribution >= 4 is 16.1 Å². The maximum Gasteiger partial charge on any atom is 0.339 e. The van der Waals surface area contributed by atoms with Crippen LogP contribution in [0.15, 0.2) is 53.4 Å². The highest BCUT2D eigenvalue weighted by Crippen LogP contribution is 2.30. The highest BCUT2D eigenvalue weighted by molar-refractivity contribution is 7.87. The Morgan fingerprint density at radius 2 is 1.71 bits per heavy atom. The summed E-state index contributed by atoms with van der Waals surface area (Å²) in [5, 5.41) is 0. The monoisotopic (exact) mass is 348 g/mol. The van der Waals surface area contributed by atoms with Gasteiger partial charge in [0.1, 0.15) is 10.6 Å². The minimum Gasteiger partial charge on any atom is -0.465 e. The van der Waals surface area contributed by atoms with Crippen LogP contribution in [0, 0.1) is 0 Å². The van der Waals surface area contributed by atoms with Crippen LogP contribution in [0.4, 0.5) is 0 Å². The Morgan fingerprint density at radius 1 is 1.08 bits per heavy atom. The van der Waals surface area contributed by atoms with Crippen molar-refractivity contribution in [1.29, 1.82) is 0 Å². The lowest BCUT2D eigenvalue weighted by Crippen LogP contribution is -2.12. The summed E-state index contributed by atoms with van der Waals surface area (Å²) in [7, 11) is -2.71. The number of hydrogen-bond donors (Lipinski definition) is 0. The van der Waals surface area contributed by atoms with E-state index in [1.807, 2.05) is 26.0 Å². The van der Waals surface area contributed by atoms with Crippen LogP contribution < -0.4 is 4.18 Å². The highest BCUT2D eigenvalue weighted by atomic mass is 32.2. The van der Waals surface area contributed by atoms with Crippen LogP contribution in [0.2, 0.25) is 0 Å². The first-order chi connectivity index (χ1) is 11.4. The number of carbonyl (C=O) groups excluding carboxylic acids is 1. The van der Waals surface area contributed by atoms with Crippen LogP contribution >= 0.6 is 0 Å². The number of hydrogen-bond acceptors (Lipinski definition) is 5. The summed E-state index contributed by atoms with van der Waals surface area (Å²) in [4.78, 5) is 11.4. The minimum absolute atomic E-state index is 0.0193. The molecular weight excluding hydrogens is 328 g/mol. The van der Waals surface area contributed by atoms with Crippen molar-refractivity contribution in [3.63, 3.8) is 0 Å². The fourth-order valence-corrected chi connectivity index (χ4v) is 3.18. The smallest absolute Gasteiger partial charge is 0.339 e. The van der Waals surface area contributed by atoms with E-state index in [2.05, 4.69) is 4.74 Å². The number of rotatable bonds is 6. The number of esters is 1. The molecule has 0 N–H and O–H groups in total. The molecule has 5 nitrogen and oxygen atoms in total. The molecule has 2 rings (SSSR count). The molecule has 0 fully saturated rings. The average Bonchev–Trinajstić information content (AvgIpc) is 2.60. The largest absolute Gasteiger partial charge is 0.465 e. The van der Waals surface area contributed by atoms with E-state index < -0.39 is 16.1 Å². The first-order valence-corrected chi connectivity index (χ1v) is 9.01. The lowest BCUT2D eigenvalue weighted by Gasteiger charge is -2.15. The zero-order valence-corrected chi connectivity index (χ0v) is 14.7. The molecule has 2 aromatic rings. The van der Waals surface area contributed by atoms with Gasteiger partial charge in [-0.1, -0.05) is 32.0 Å². The molecule has 0 aliphatic heterocycles. The molecule has 0 aliphatic rings. The Labute approximate surface area is 142 Å². The maximum absolute atomic E-state index is 12.5. The number of para-hydroxylation sites is 1. The van der Waals surface area contributed by atoms with Crippen molar-refractivity contribution in [2.75, 3.05) is 7.11 Å². The predicted octanol–water partition coefficient (Wildman–Crippen LogP) is 3.75. The van der Waals surface area contributed by atoms with Crippen molar-refractivity contribution in [2.45, 2.75) is 31.1 Å². The van der Waals surface area contributed by atoms with Crippen molar-refractivity contribution in [2.24, 2.45) is 0 Å². The molecule has 0 bridgehead atoms. The van der Waals surface area contributed by atoms with Crippen molar-refractivity contribution in [3.8, 4) is 5.75 Å². The van der Waals surface area contributed by atoms with Gasteiger partial charge < -0.3 is 8.92 Å².